The molecule has 0 saturated carbocycles. The Morgan fingerprint density at radius 1 is 1.19 bits per heavy atom. The molecule has 1 amide bonds. The minimum Gasteiger partial charge on any atom is -0.381 e. The quantitative estimate of drug-likeness (QED) is 0.850. The van der Waals surface area contributed by atoms with Gasteiger partial charge in [-0.2, -0.15) is 0 Å². The van der Waals surface area contributed by atoms with Gasteiger partial charge in [-0.15, -0.1) is 0 Å². The van der Waals surface area contributed by atoms with Crippen LogP contribution in [-0.4, -0.2) is 61.9 Å². The zero-order valence-corrected chi connectivity index (χ0v) is 12.9. The third-order valence-corrected chi connectivity index (χ3v) is 5.13. The third kappa shape index (κ3) is 3.96. The lowest BCUT2D eigenvalue weighted by molar-refractivity contribution is -0.140. The fourth-order valence-electron chi connectivity index (χ4n) is 3.80. The summed E-state index contributed by atoms with van der Waals surface area (Å²) < 4.78 is 11.5. The summed E-state index contributed by atoms with van der Waals surface area (Å²) >= 11 is 0. The Bertz CT molecular complexity index is 344. The molecule has 1 atom stereocenters. The number of amides is 1. The zero-order chi connectivity index (χ0) is 14.5. The molecular formula is C16H28N2O3. The molecule has 1 N–H and O–H groups in total. The standard InChI is InChI=1S/C16H28N2O3/c19-15(18-8-1-2-9-18)3-7-17-14-4-10-21-16(13-14)5-11-20-12-6-16/h14,17H,1-13H2. The van der Waals surface area contributed by atoms with Crippen LogP contribution in [-0.2, 0) is 14.3 Å². The molecule has 3 heterocycles. The molecule has 0 aromatic heterocycles. The van der Waals surface area contributed by atoms with Crippen LogP contribution in [0.5, 0.6) is 0 Å². The van der Waals surface area contributed by atoms with Crippen molar-refractivity contribution in [2.24, 2.45) is 0 Å². The van der Waals surface area contributed by atoms with Crippen LogP contribution in [0.25, 0.3) is 0 Å². The van der Waals surface area contributed by atoms with Crippen LogP contribution in [0.1, 0.15) is 44.9 Å². The van der Waals surface area contributed by atoms with Gasteiger partial charge in [0.15, 0.2) is 0 Å². The summed E-state index contributed by atoms with van der Waals surface area (Å²) in [5.41, 5.74) is 0.0348. The van der Waals surface area contributed by atoms with E-state index in [1.54, 1.807) is 0 Å². The van der Waals surface area contributed by atoms with Gasteiger partial charge in [0.25, 0.3) is 0 Å². The second-order valence-electron chi connectivity index (χ2n) is 6.63. The maximum absolute atomic E-state index is 12.0. The highest BCUT2D eigenvalue weighted by molar-refractivity contribution is 5.76. The van der Waals surface area contributed by atoms with Gasteiger partial charge in [-0.05, 0) is 38.5 Å². The van der Waals surface area contributed by atoms with Crippen LogP contribution in [0.15, 0.2) is 0 Å². The number of ether oxygens (including phenoxy) is 2. The summed E-state index contributed by atoms with van der Waals surface area (Å²) in [5, 5.41) is 3.58. The molecule has 5 nitrogen and oxygen atoms in total. The van der Waals surface area contributed by atoms with Crippen LogP contribution >= 0.6 is 0 Å². The molecule has 0 aromatic carbocycles. The highest BCUT2D eigenvalue weighted by Gasteiger charge is 2.38. The van der Waals surface area contributed by atoms with Crippen molar-refractivity contribution in [2.45, 2.75) is 56.6 Å². The summed E-state index contributed by atoms with van der Waals surface area (Å²) in [6.45, 7) is 5.18. The summed E-state index contributed by atoms with van der Waals surface area (Å²) in [6, 6.07) is 0.489. The lowest BCUT2D eigenvalue weighted by Crippen LogP contribution is -2.50. The van der Waals surface area contributed by atoms with Gasteiger partial charge < -0.3 is 19.7 Å². The number of nitrogens with one attached hydrogen (secondary N) is 1. The van der Waals surface area contributed by atoms with E-state index < -0.39 is 0 Å². The molecule has 120 valence electrons. The van der Waals surface area contributed by atoms with Gasteiger partial charge in [0, 0.05) is 51.9 Å². The number of likely N-dealkylation sites (tertiary alicyclic amines) is 1. The summed E-state index contributed by atoms with van der Waals surface area (Å²) in [6.07, 6.45) is 7.12. The number of hydrogen-bond donors (Lipinski definition) is 1. The summed E-state index contributed by atoms with van der Waals surface area (Å²) in [5.74, 6) is 0.313. The Morgan fingerprint density at radius 3 is 2.71 bits per heavy atom. The second kappa shape index (κ2) is 7.07. The first-order valence-corrected chi connectivity index (χ1v) is 8.50. The Kier molecular flexibility index (Phi) is 5.14. The van der Waals surface area contributed by atoms with Crippen molar-refractivity contribution in [1.82, 2.24) is 10.2 Å². The van der Waals surface area contributed by atoms with E-state index in [9.17, 15) is 4.79 Å². The lowest BCUT2D eigenvalue weighted by Gasteiger charge is -2.43. The molecule has 3 fully saturated rings. The number of nitrogens with zero attached hydrogens (tertiary/aromatic N) is 1. The molecule has 3 aliphatic heterocycles. The first-order chi connectivity index (χ1) is 10.3. The predicted octanol–water partition coefficient (Wildman–Crippen LogP) is 1.32. The largest absolute Gasteiger partial charge is 0.381 e. The zero-order valence-electron chi connectivity index (χ0n) is 12.9. The molecule has 0 aromatic rings. The molecule has 5 heteroatoms. The Labute approximate surface area is 127 Å². The molecule has 0 radical (unpaired) electrons. The lowest BCUT2D eigenvalue weighted by atomic mass is 9.84. The fraction of sp³-hybridized carbons (Fsp3) is 0.938. The van der Waals surface area contributed by atoms with Crippen molar-refractivity contribution in [1.29, 1.82) is 0 Å². The first-order valence-electron chi connectivity index (χ1n) is 8.50. The monoisotopic (exact) mass is 296 g/mol. The Balaban J connectivity index is 1.39. The van der Waals surface area contributed by atoms with Crippen LogP contribution in [0.3, 0.4) is 0 Å². The van der Waals surface area contributed by atoms with Gasteiger partial charge in [-0.1, -0.05) is 0 Å². The van der Waals surface area contributed by atoms with Crippen molar-refractivity contribution < 1.29 is 14.3 Å². The van der Waals surface area contributed by atoms with Crippen molar-refractivity contribution in [3.8, 4) is 0 Å². The third-order valence-electron chi connectivity index (χ3n) is 5.13. The van der Waals surface area contributed by atoms with Crippen molar-refractivity contribution in [3.63, 3.8) is 0 Å². The smallest absolute Gasteiger partial charge is 0.223 e. The molecular weight excluding hydrogens is 268 g/mol. The molecule has 0 bridgehead atoms. The molecule has 1 unspecified atom stereocenters. The SMILES string of the molecule is O=C(CCNC1CCOC2(CCOCC2)C1)N1CCCC1. The number of carbonyl (C=O) groups excluding carboxylic acids is 1. The molecule has 3 rings (SSSR count). The second-order valence-corrected chi connectivity index (χ2v) is 6.63. The Hall–Kier alpha value is -0.650. The van der Waals surface area contributed by atoms with E-state index in [0.717, 1.165) is 65.1 Å². The van der Waals surface area contributed by atoms with Gasteiger partial charge >= 0.3 is 0 Å². The number of rotatable bonds is 4. The van der Waals surface area contributed by atoms with Crippen molar-refractivity contribution in [3.05, 3.63) is 0 Å². The van der Waals surface area contributed by atoms with E-state index in [2.05, 4.69) is 5.32 Å². The first kappa shape index (κ1) is 15.3. The average Bonchev–Trinajstić information content (AvgIpc) is 3.02. The Morgan fingerprint density at radius 2 is 1.95 bits per heavy atom. The summed E-state index contributed by atoms with van der Waals surface area (Å²) in [7, 11) is 0. The maximum atomic E-state index is 12.0. The molecule has 0 aliphatic carbocycles. The van der Waals surface area contributed by atoms with Crippen molar-refractivity contribution >= 4 is 5.91 Å². The highest BCUT2D eigenvalue weighted by atomic mass is 16.5. The van der Waals surface area contributed by atoms with E-state index >= 15 is 0 Å². The fourth-order valence-corrected chi connectivity index (χ4v) is 3.80. The van der Waals surface area contributed by atoms with Crippen molar-refractivity contribution in [2.75, 3.05) is 39.5 Å². The molecule has 3 saturated heterocycles. The molecule has 1 spiro atoms. The van der Waals surface area contributed by atoms with E-state index in [1.807, 2.05) is 4.90 Å². The number of carbonyl (C=O) groups is 1. The van der Waals surface area contributed by atoms with Crippen LogP contribution in [0.4, 0.5) is 0 Å². The predicted molar refractivity (Wildman–Crippen MR) is 80.2 cm³/mol. The van der Waals surface area contributed by atoms with E-state index in [1.165, 1.54) is 12.8 Å². The van der Waals surface area contributed by atoms with E-state index in [0.29, 0.717) is 18.4 Å². The van der Waals surface area contributed by atoms with Gasteiger partial charge in [-0.25, -0.2) is 0 Å². The molecule has 21 heavy (non-hydrogen) atoms. The molecule has 3 aliphatic rings. The maximum Gasteiger partial charge on any atom is 0.223 e. The normalized spacial score (nSPS) is 29.0. The topological polar surface area (TPSA) is 50.8 Å². The number of hydrogen-bond acceptors (Lipinski definition) is 4. The van der Waals surface area contributed by atoms with Gasteiger partial charge in [0.05, 0.1) is 5.60 Å². The highest BCUT2D eigenvalue weighted by Crippen LogP contribution is 2.34. The van der Waals surface area contributed by atoms with Gasteiger partial charge in [-0.3, -0.25) is 4.79 Å². The minimum absolute atomic E-state index is 0.0348. The summed E-state index contributed by atoms with van der Waals surface area (Å²) in [4.78, 5) is 14.0. The van der Waals surface area contributed by atoms with Crippen LogP contribution in [0, 0.1) is 0 Å². The van der Waals surface area contributed by atoms with E-state index in [4.69, 9.17) is 9.47 Å². The minimum atomic E-state index is 0.0348. The van der Waals surface area contributed by atoms with Crippen LogP contribution < -0.4 is 5.32 Å². The van der Waals surface area contributed by atoms with Gasteiger partial charge in [0.1, 0.15) is 0 Å². The van der Waals surface area contributed by atoms with E-state index in [-0.39, 0.29) is 5.60 Å². The average molecular weight is 296 g/mol. The van der Waals surface area contributed by atoms with Crippen LogP contribution in [0.2, 0.25) is 0 Å². The van der Waals surface area contributed by atoms with Gasteiger partial charge in [0.2, 0.25) is 5.91 Å².